The Bertz CT molecular complexity index is 1290. The minimum Gasteiger partial charge on any atom is -0.493 e. The van der Waals surface area contributed by atoms with Crippen LogP contribution in [0.5, 0.6) is 17.2 Å². The van der Waals surface area contributed by atoms with Gasteiger partial charge in [-0.15, -0.1) is 6.58 Å². The van der Waals surface area contributed by atoms with Gasteiger partial charge in [0.05, 0.1) is 33.0 Å². The lowest BCUT2D eigenvalue weighted by Gasteiger charge is -2.15. The van der Waals surface area contributed by atoms with E-state index in [-0.39, 0.29) is 13.2 Å². The number of rotatable bonds is 19. The van der Waals surface area contributed by atoms with Crippen LogP contribution in [0.4, 0.5) is 0 Å². The van der Waals surface area contributed by atoms with Gasteiger partial charge >= 0.3 is 0 Å². The van der Waals surface area contributed by atoms with E-state index in [1.54, 1.807) is 0 Å². The molecule has 9 nitrogen and oxygen atoms in total. The van der Waals surface area contributed by atoms with E-state index >= 15 is 0 Å². The molecule has 0 amide bonds. The maximum absolute atomic E-state index is 9.18. The molecule has 0 aliphatic heterocycles. The molecule has 3 rings (SSSR count). The lowest BCUT2D eigenvalue weighted by molar-refractivity contribution is -0.0987. The Morgan fingerprint density at radius 1 is 0.625 bits per heavy atom. The molecule has 0 radical (unpaired) electrons. The predicted molar refractivity (Wildman–Crippen MR) is 195 cm³/mol. The summed E-state index contributed by atoms with van der Waals surface area (Å²) in [6, 6.07) is 22.2. The summed E-state index contributed by atoms with van der Waals surface area (Å²) < 4.78 is 18.2. The van der Waals surface area contributed by atoms with Crippen molar-refractivity contribution >= 4 is 13.6 Å². The fraction of sp³-hybridized carbons (Fsp3) is 0.333. The molecule has 48 heavy (non-hydrogen) atoms. The Morgan fingerprint density at radius 3 is 1.65 bits per heavy atom. The van der Waals surface area contributed by atoms with E-state index in [1.807, 2.05) is 56.1 Å². The molecule has 9 heteroatoms. The van der Waals surface area contributed by atoms with Crippen molar-refractivity contribution < 1.29 is 44.2 Å². The first-order valence-electron chi connectivity index (χ1n) is 15.4. The van der Waals surface area contributed by atoms with Crippen molar-refractivity contribution in [3.8, 4) is 39.5 Å². The fourth-order valence-electron chi connectivity index (χ4n) is 4.11. The summed E-state index contributed by atoms with van der Waals surface area (Å²) in [7, 11) is 2.00. The molecular formula is C39H54O9. The van der Waals surface area contributed by atoms with E-state index in [1.165, 1.54) is 0 Å². The van der Waals surface area contributed by atoms with E-state index in [2.05, 4.69) is 50.1 Å². The molecule has 264 valence electrons. The Morgan fingerprint density at radius 2 is 1.12 bits per heavy atom. The van der Waals surface area contributed by atoms with Crippen LogP contribution >= 0.6 is 0 Å². The van der Waals surface area contributed by atoms with Gasteiger partial charge in [0.2, 0.25) is 0 Å². The summed E-state index contributed by atoms with van der Waals surface area (Å²) in [5.41, 5.74) is 5.57. The molecule has 0 heterocycles. The third-order valence-electron chi connectivity index (χ3n) is 6.50. The topological polar surface area (TPSA) is 143 Å². The normalized spacial score (nSPS) is 9.29. The Hall–Kier alpha value is -4.54. The summed E-state index contributed by atoms with van der Waals surface area (Å²) in [5.74, 6) is 2.35. The SMILES string of the molecule is C=CCCCCCOc1cc(-c2cccc(OCCC(=C)CO)c2)ccc1-c1cccc(OCCC(=C)CO)c1.C=O.C=O.CO.CO. The number of hydrogen-bond acceptors (Lipinski definition) is 9. The quantitative estimate of drug-likeness (QED) is 0.0819. The molecule has 0 aromatic heterocycles. The lowest BCUT2D eigenvalue weighted by Crippen LogP contribution is -2.01. The van der Waals surface area contributed by atoms with Crippen molar-refractivity contribution in [2.75, 3.05) is 47.3 Å². The maximum atomic E-state index is 9.18. The summed E-state index contributed by atoms with van der Waals surface area (Å²) in [4.78, 5) is 16.0. The van der Waals surface area contributed by atoms with Gasteiger partial charge in [0.15, 0.2) is 0 Å². The zero-order chi connectivity index (χ0) is 36.6. The molecule has 0 bridgehead atoms. The number of carbonyl (C=O) groups is 2. The van der Waals surface area contributed by atoms with Crippen LogP contribution in [0.15, 0.2) is 104 Å². The van der Waals surface area contributed by atoms with Gasteiger partial charge in [-0.2, -0.15) is 0 Å². The second-order valence-electron chi connectivity index (χ2n) is 9.77. The average molecular weight is 667 g/mol. The van der Waals surface area contributed by atoms with E-state index in [4.69, 9.17) is 39.1 Å². The third kappa shape index (κ3) is 18.6. The van der Waals surface area contributed by atoms with Gasteiger partial charge in [0.25, 0.3) is 0 Å². The highest BCUT2D eigenvalue weighted by Gasteiger charge is 2.11. The Labute approximate surface area is 286 Å². The second-order valence-corrected chi connectivity index (χ2v) is 9.77. The number of ether oxygens (including phenoxy) is 3. The van der Waals surface area contributed by atoms with Gasteiger partial charge in [-0.3, -0.25) is 0 Å². The van der Waals surface area contributed by atoms with Crippen LogP contribution in [0.1, 0.15) is 38.5 Å². The fourth-order valence-corrected chi connectivity index (χ4v) is 4.11. The van der Waals surface area contributed by atoms with Crippen molar-refractivity contribution in [2.24, 2.45) is 0 Å². The maximum Gasteiger partial charge on any atom is 0.127 e. The Kier molecular flexibility index (Phi) is 29.5. The average Bonchev–Trinajstić information content (AvgIpc) is 3.16. The number of allylic oxidation sites excluding steroid dienone is 1. The molecule has 0 saturated heterocycles. The summed E-state index contributed by atoms with van der Waals surface area (Å²) in [5, 5.41) is 32.3. The first-order chi connectivity index (χ1) is 23.5. The van der Waals surface area contributed by atoms with E-state index in [9.17, 15) is 5.11 Å². The Balaban J connectivity index is 0. The first-order valence-corrected chi connectivity index (χ1v) is 15.4. The minimum atomic E-state index is -0.0292. The van der Waals surface area contributed by atoms with Crippen molar-refractivity contribution in [1.82, 2.24) is 0 Å². The number of unbranched alkanes of at least 4 members (excludes halogenated alkanes) is 3. The highest BCUT2D eigenvalue weighted by atomic mass is 16.5. The minimum absolute atomic E-state index is 0.0265. The number of aliphatic hydroxyl groups excluding tert-OH is 4. The van der Waals surface area contributed by atoms with Crippen LogP contribution < -0.4 is 14.2 Å². The molecule has 0 unspecified atom stereocenters. The summed E-state index contributed by atoms with van der Waals surface area (Å²) in [6.07, 6.45) is 7.36. The molecule has 0 atom stereocenters. The highest BCUT2D eigenvalue weighted by molar-refractivity contribution is 5.77. The van der Waals surface area contributed by atoms with Gasteiger partial charge in [-0.25, -0.2) is 0 Å². The smallest absolute Gasteiger partial charge is 0.127 e. The van der Waals surface area contributed by atoms with Gasteiger partial charge in [-0.1, -0.05) is 55.6 Å². The largest absolute Gasteiger partial charge is 0.493 e. The lowest BCUT2D eigenvalue weighted by atomic mass is 9.98. The molecule has 0 aliphatic carbocycles. The first kappa shape index (κ1) is 45.6. The van der Waals surface area contributed by atoms with Crippen LogP contribution in [0.3, 0.4) is 0 Å². The zero-order valence-corrected chi connectivity index (χ0v) is 28.6. The van der Waals surface area contributed by atoms with Crippen molar-refractivity contribution in [2.45, 2.75) is 38.5 Å². The zero-order valence-electron chi connectivity index (χ0n) is 28.6. The second kappa shape index (κ2) is 31.1. The van der Waals surface area contributed by atoms with Crippen molar-refractivity contribution in [3.05, 3.63) is 104 Å². The van der Waals surface area contributed by atoms with Crippen molar-refractivity contribution in [1.29, 1.82) is 0 Å². The molecular weight excluding hydrogens is 612 g/mol. The van der Waals surface area contributed by atoms with E-state index < -0.39 is 0 Å². The third-order valence-corrected chi connectivity index (χ3v) is 6.50. The van der Waals surface area contributed by atoms with Crippen LogP contribution in [0.2, 0.25) is 0 Å². The van der Waals surface area contributed by atoms with Gasteiger partial charge in [0.1, 0.15) is 30.8 Å². The number of carbonyl (C=O) groups excluding carboxylic acids is 2. The predicted octanol–water partition coefficient (Wildman–Crippen LogP) is 6.63. The molecule has 0 spiro atoms. The van der Waals surface area contributed by atoms with Crippen LogP contribution in [-0.4, -0.2) is 81.3 Å². The summed E-state index contributed by atoms with van der Waals surface area (Å²) in [6.45, 7) is 16.9. The van der Waals surface area contributed by atoms with Gasteiger partial charge in [-0.05, 0) is 83.9 Å². The molecule has 3 aromatic carbocycles. The number of hydrogen-bond donors (Lipinski definition) is 4. The highest BCUT2D eigenvalue weighted by Crippen LogP contribution is 2.36. The monoisotopic (exact) mass is 666 g/mol. The number of benzene rings is 3. The number of aliphatic hydroxyl groups is 4. The van der Waals surface area contributed by atoms with E-state index in [0.717, 1.165) is 90.6 Å². The molecule has 0 fully saturated rings. The molecule has 4 N–H and O–H groups in total. The molecule has 0 aliphatic rings. The van der Waals surface area contributed by atoms with Gasteiger partial charge < -0.3 is 44.2 Å². The van der Waals surface area contributed by atoms with Crippen molar-refractivity contribution in [3.63, 3.8) is 0 Å². The molecule has 3 aromatic rings. The van der Waals surface area contributed by atoms with Crippen LogP contribution in [0, 0.1) is 0 Å². The standard InChI is InChI=1S/C35H42O5.2CH4O.2CH2O/c1-4-5-6-7-8-19-40-35-24-30(29-11-9-13-32(22-29)38-20-17-27(2)25-36)15-16-34(35)31-12-10-14-33(23-31)39-21-18-28(3)26-37;4*1-2/h4,9-16,22-24,36-37H,1-3,5-8,17-21,25-26H2;2*2H,1H3;2*1H2. The van der Waals surface area contributed by atoms with Gasteiger partial charge in [0, 0.05) is 32.6 Å². The van der Waals surface area contributed by atoms with Crippen LogP contribution in [0.25, 0.3) is 22.3 Å². The van der Waals surface area contributed by atoms with Crippen LogP contribution in [-0.2, 0) is 9.59 Å². The summed E-state index contributed by atoms with van der Waals surface area (Å²) >= 11 is 0. The van der Waals surface area contributed by atoms with E-state index in [0.29, 0.717) is 32.7 Å². The molecule has 0 saturated carbocycles.